The summed E-state index contributed by atoms with van der Waals surface area (Å²) in [6.07, 6.45) is 10.8. The number of unbranched alkanes of at least 4 members (excludes halogenated alkanes) is 3. The molecule has 0 radical (unpaired) electrons. The third-order valence-corrected chi connectivity index (χ3v) is 3.45. The van der Waals surface area contributed by atoms with Crippen LogP contribution in [0.25, 0.3) is 0 Å². The summed E-state index contributed by atoms with van der Waals surface area (Å²) >= 11 is 0. The Morgan fingerprint density at radius 1 is 0.611 bits per heavy atom. The van der Waals surface area contributed by atoms with Gasteiger partial charge in [-0.15, -0.1) is 0 Å². The van der Waals surface area contributed by atoms with Crippen molar-refractivity contribution in [2.45, 2.75) is 107 Å². The molecule has 0 fully saturated rings. The van der Waals surface area contributed by atoms with E-state index in [0.717, 1.165) is 11.8 Å². The molecule has 1 atom stereocenters. The Bertz CT molecular complexity index is 98.6. The second kappa shape index (κ2) is 22.2. The molecule has 0 aliphatic rings. The monoisotopic (exact) mass is 258 g/mol. The standard InChI is InChI=1S/C9H20.C6H14.C3H8/c1-5-8(4)9(6-2)7-3;1-3-5-6-4-2;1-3-2/h8-9H,5-7H2,1-4H3;3-6H2,1-2H3;3H2,1-2H3. The van der Waals surface area contributed by atoms with Crippen molar-refractivity contribution in [3.8, 4) is 0 Å². The molecule has 18 heavy (non-hydrogen) atoms. The van der Waals surface area contributed by atoms with Gasteiger partial charge in [0, 0.05) is 0 Å². The van der Waals surface area contributed by atoms with Gasteiger partial charge in [-0.25, -0.2) is 0 Å². The van der Waals surface area contributed by atoms with Gasteiger partial charge in [-0.05, 0) is 11.8 Å². The third-order valence-electron chi connectivity index (χ3n) is 3.45. The summed E-state index contributed by atoms with van der Waals surface area (Å²) < 4.78 is 0. The van der Waals surface area contributed by atoms with Crippen LogP contribution < -0.4 is 0 Å². The lowest BCUT2D eigenvalue weighted by atomic mass is 9.88. The van der Waals surface area contributed by atoms with Crippen molar-refractivity contribution < 1.29 is 0 Å². The summed E-state index contributed by atoms with van der Waals surface area (Å²) in [5.74, 6) is 1.90. The van der Waals surface area contributed by atoms with Crippen LogP contribution in [0.3, 0.4) is 0 Å². The Kier molecular flexibility index (Phi) is 28.5. The molecule has 0 amide bonds. The van der Waals surface area contributed by atoms with Crippen LogP contribution in [0.5, 0.6) is 0 Å². The molecule has 0 aliphatic heterocycles. The number of hydrogen-bond acceptors (Lipinski definition) is 0. The Labute approximate surface area is 119 Å². The lowest BCUT2D eigenvalue weighted by Crippen LogP contribution is -2.07. The van der Waals surface area contributed by atoms with Crippen molar-refractivity contribution in [3.05, 3.63) is 0 Å². The van der Waals surface area contributed by atoms with Gasteiger partial charge in [-0.1, -0.05) is 107 Å². The van der Waals surface area contributed by atoms with Crippen LogP contribution in [0.4, 0.5) is 0 Å². The normalized spacial score (nSPS) is 11.2. The zero-order chi connectivity index (χ0) is 14.8. The van der Waals surface area contributed by atoms with E-state index in [1.165, 1.54) is 51.4 Å². The molecule has 0 aliphatic carbocycles. The van der Waals surface area contributed by atoms with Crippen molar-refractivity contribution >= 4 is 0 Å². The molecule has 0 saturated heterocycles. The molecule has 0 bridgehead atoms. The first-order chi connectivity index (χ1) is 8.59. The summed E-state index contributed by atoms with van der Waals surface area (Å²) in [5, 5.41) is 0. The Morgan fingerprint density at radius 3 is 1.06 bits per heavy atom. The van der Waals surface area contributed by atoms with Gasteiger partial charge < -0.3 is 0 Å². The summed E-state index contributed by atoms with van der Waals surface area (Å²) in [6, 6.07) is 0. The molecule has 0 saturated carbocycles. The first-order valence-corrected chi connectivity index (χ1v) is 8.59. The molecule has 0 aromatic carbocycles. The van der Waals surface area contributed by atoms with Gasteiger partial charge >= 0.3 is 0 Å². The van der Waals surface area contributed by atoms with E-state index in [0.29, 0.717) is 0 Å². The highest BCUT2D eigenvalue weighted by Gasteiger charge is 2.09. The predicted molar refractivity (Wildman–Crippen MR) is 89.3 cm³/mol. The highest BCUT2D eigenvalue weighted by molar-refractivity contribution is 4.60. The average Bonchev–Trinajstić information content (AvgIpc) is 2.39. The number of rotatable bonds is 7. The van der Waals surface area contributed by atoms with Crippen molar-refractivity contribution in [2.75, 3.05) is 0 Å². The van der Waals surface area contributed by atoms with Crippen molar-refractivity contribution in [2.24, 2.45) is 11.8 Å². The largest absolute Gasteiger partial charge is 0.0656 e. The van der Waals surface area contributed by atoms with Crippen molar-refractivity contribution in [3.63, 3.8) is 0 Å². The van der Waals surface area contributed by atoms with Gasteiger partial charge in [-0.2, -0.15) is 0 Å². The summed E-state index contributed by atoms with van der Waals surface area (Å²) in [7, 11) is 0. The van der Waals surface area contributed by atoms with E-state index >= 15 is 0 Å². The van der Waals surface area contributed by atoms with E-state index in [-0.39, 0.29) is 0 Å². The van der Waals surface area contributed by atoms with Crippen LogP contribution in [0.15, 0.2) is 0 Å². The Hall–Kier alpha value is 0. The second-order valence-electron chi connectivity index (χ2n) is 5.38. The molecule has 0 aromatic heterocycles. The minimum atomic E-state index is 0.931. The fraction of sp³-hybridized carbons (Fsp3) is 1.00. The maximum atomic E-state index is 2.36. The highest BCUT2D eigenvalue weighted by atomic mass is 14.2. The molecule has 0 heteroatoms. The quantitative estimate of drug-likeness (QED) is 0.415. The topological polar surface area (TPSA) is 0 Å². The maximum absolute atomic E-state index is 2.36. The Morgan fingerprint density at radius 2 is 0.944 bits per heavy atom. The summed E-state index contributed by atoms with van der Waals surface area (Å²) in [4.78, 5) is 0. The minimum Gasteiger partial charge on any atom is -0.0656 e. The molecular weight excluding hydrogens is 216 g/mol. The number of hydrogen-bond donors (Lipinski definition) is 0. The molecule has 0 aromatic rings. The van der Waals surface area contributed by atoms with E-state index in [1.807, 2.05) is 0 Å². The van der Waals surface area contributed by atoms with Gasteiger partial charge in [0.2, 0.25) is 0 Å². The van der Waals surface area contributed by atoms with Gasteiger partial charge in [0.1, 0.15) is 0 Å². The fourth-order valence-corrected chi connectivity index (χ4v) is 1.93. The van der Waals surface area contributed by atoms with Crippen molar-refractivity contribution in [1.82, 2.24) is 0 Å². The third kappa shape index (κ3) is 21.3. The zero-order valence-electron chi connectivity index (χ0n) is 14.8. The SMILES string of the molecule is CCC.CCC(C)C(CC)CC.CCCCCC. The lowest BCUT2D eigenvalue weighted by Gasteiger charge is -2.18. The zero-order valence-corrected chi connectivity index (χ0v) is 14.8. The van der Waals surface area contributed by atoms with Gasteiger partial charge in [0.25, 0.3) is 0 Å². The average molecular weight is 259 g/mol. The molecule has 0 nitrogen and oxygen atoms in total. The van der Waals surface area contributed by atoms with E-state index in [9.17, 15) is 0 Å². The molecule has 0 heterocycles. The molecule has 0 rings (SSSR count). The van der Waals surface area contributed by atoms with Crippen LogP contribution in [-0.4, -0.2) is 0 Å². The van der Waals surface area contributed by atoms with Crippen LogP contribution in [0, 0.1) is 11.8 Å². The fourth-order valence-electron chi connectivity index (χ4n) is 1.93. The van der Waals surface area contributed by atoms with Crippen LogP contribution in [0.1, 0.15) is 107 Å². The lowest BCUT2D eigenvalue weighted by molar-refractivity contribution is 0.328. The van der Waals surface area contributed by atoms with Gasteiger partial charge in [0.05, 0.1) is 0 Å². The molecule has 0 N–H and O–H groups in total. The molecule has 0 spiro atoms. The van der Waals surface area contributed by atoms with Crippen molar-refractivity contribution in [1.29, 1.82) is 0 Å². The Balaban J connectivity index is -0.000000216. The summed E-state index contributed by atoms with van der Waals surface area (Å²) in [5.41, 5.74) is 0. The van der Waals surface area contributed by atoms with Gasteiger partial charge in [-0.3, -0.25) is 0 Å². The van der Waals surface area contributed by atoms with Crippen LogP contribution in [0.2, 0.25) is 0 Å². The first kappa shape index (κ1) is 23.1. The maximum Gasteiger partial charge on any atom is -0.0394 e. The second-order valence-corrected chi connectivity index (χ2v) is 5.38. The molecule has 1 unspecified atom stereocenters. The van der Waals surface area contributed by atoms with Gasteiger partial charge in [0.15, 0.2) is 0 Å². The minimum absolute atomic E-state index is 0.931. The van der Waals surface area contributed by atoms with E-state index in [1.54, 1.807) is 0 Å². The highest BCUT2D eigenvalue weighted by Crippen LogP contribution is 2.21. The van der Waals surface area contributed by atoms with E-state index < -0.39 is 0 Å². The van der Waals surface area contributed by atoms with E-state index in [4.69, 9.17) is 0 Å². The van der Waals surface area contributed by atoms with Crippen LogP contribution >= 0.6 is 0 Å². The van der Waals surface area contributed by atoms with E-state index in [2.05, 4.69) is 55.4 Å². The van der Waals surface area contributed by atoms with Crippen LogP contribution in [-0.2, 0) is 0 Å². The molecule has 114 valence electrons. The molecular formula is C18H42. The smallest absolute Gasteiger partial charge is 0.0394 e. The first-order valence-electron chi connectivity index (χ1n) is 8.59. The predicted octanol–water partition coefficient (Wildman–Crippen LogP) is 7.47. The summed E-state index contributed by atoms with van der Waals surface area (Å²) in [6.45, 7) is 17.9.